The largest absolute Gasteiger partial charge is 0.496 e. The Labute approximate surface area is 183 Å². The van der Waals surface area contributed by atoms with Crippen molar-refractivity contribution in [1.82, 2.24) is 0 Å². The van der Waals surface area contributed by atoms with E-state index < -0.39 is 6.10 Å². The van der Waals surface area contributed by atoms with Crippen LogP contribution in [-0.4, -0.2) is 37.2 Å². The van der Waals surface area contributed by atoms with E-state index in [4.69, 9.17) is 9.47 Å². The predicted octanol–water partition coefficient (Wildman–Crippen LogP) is 4.11. The molecular formula is C24H32N2O5. The lowest BCUT2D eigenvalue weighted by atomic mass is 10.0. The Morgan fingerprint density at radius 1 is 0.871 bits per heavy atom. The van der Waals surface area contributed by atoms with Gasteiger partial charge in [-0.15, -0.1) is 0 Å². The average molecular weight is 429 g/mol. The number of hydrogen-bond acceptors (Lipinski definition) is 5. The average Bonchev–Trinajstić information content (AvgIpc) is 2.72. The monoisotopic (exact) mass is 428 g/mol. The maximum Gasteiger partial charge on any atom is 0.224 e. The molecule has 0 aliphatic rings. The highest BCUT2D eigenvalue weighted by molar-refractivity contribution is 5.97. The summed E-state index contributed by atoms with van der Waals surface area (Å²) in [5.41, 5.74) is 3.12. The van der Waals surface area contributed by atoms with E-state index in [2.05, 4.69) is 24.5 Å². The first-order chi connectivity index (χ1) is 14.7. The molecule has 31 heavy (non-hydrogen) atoms. The van der Waals surface area contributed by atoms with Gasteiger partial charge in [-0.1, -0.05) is 26.0 Å². The lowest BCUT2D eigenvalue weighted by Gasteiger charge is -2.14. The van der Waals surface area contributed by atoms with Crippen LogP contribution < -0.4 is 20.1 Å². The van der Waals surface area contributed by atoms with E-state index in [0.717, 1.165) is 16.9 Å². The van der Waals surface area contributed by atoms with Gasteiger partial charge in [0.1, 0.15) is 11.5 Å². The van der Waals surface area contributed by atoms with Crippen LogP contribution in [0.4, 0.5) is 11.4 Å². The number of aliphatic hydroxyl groups excluding tert-OH is 1. The van der Waals surface area contributed by atoms with Crippen molar-refractivity contribution in [3.8, 4) is 11.5 Å². The maximum atomic E-state index is 12.3. The van der Waals surface area contributed by atoms with Gasteiger partial charge in [0.25, 0.3) is 0 Å². The van der Waals surface area contributed by atoms with Crippen molar-refractivity contribution in [1.29, 1.82) is 0 Å². The number of carbonyl (C=O) groups is 2. The first kappa shape index (κ1) is 24.2. The second-order valence-electron chi connectivity index (χ2n) is 7.79. The summed E-state index contributed by atoms with van der Waals surface area (Å²) in [6, 6.07) is 10.8. The molecule has 7 heteroatoms. The zero-order valence-corrected chi connectivity index (χ0v) is 18.8. The first-order valence-corrected chi connectivity index (χ1v) is 10.4. The van der Waals surface area contributed by atoms with E-state index in [1.807, 2.05) is 18.2 Å². The van der Waals surface area contributed by atoms with Gasteiger partial charge in [-0.2, -0.15) is 0 Å². The molecule has 7 nitrogen and oxygen atoms in total. The molecule has 2 amide bonds. The third kappa shape index (κ3) is 7.29. The first-order valence-electron chi connectivity index (χ1n) is 10.4. The summed E-state index contributed by atoms with van der Waals surface area (Å²) in [5, 5.41) is 15.1. The number of anilines is 2. The Morgan fingerprint density at radius 3 is 1.87 bits per heavy atom. The fourth-order valence-corrected chi connectivity index (χ4v) is 3.25. The third-order valence-corrected chi connectivity index (χ3v) is 4.80. The Kier molecular flexibility index (Phi) is 8.88. The number of methoxy groups -OCH3 is 2. The smallest absolute Gasteiger partial charge is 0.224 e. The summed E-state index contributed by atoms with van der Waals surface area (Å²) in [4.78, 5) is 24.5. The Bertz CT molecular complexity index is 909. The fraction of sp³-hybridized carbons (Fsp3) is 0.417. The molecule has 168 valence electrons. The van der Waals surface area contributed by atoms with Crippen molar-refractivity contribution in [2.45, 2.75) is 52.1 Å². The van der Waals surface area contributed by atoms with Crippen molar-refractivity contribution < 1.29 is 24.2 Å². The van der Waals surface area contributed by atoms with E-state index >= 15 is 0 Å². The number of benzene rings is 2. The highest BCUT2D eigenvalue weighted by Gasteiger charge is 2.13. The molecule has 0 heterocycles. The summed E-state index contributed by atoms with van der Waals surface area (Å²) < 4.78 is 10.7. The van der Waals surface area contributed by atoms with Crippen LogP contribution in [0.25, 0.3) is 0 Å². The summed E-state index contributed by atoms with van der Waals surface area (Å²) in [5.74, 6) is 1.10. The van der Waals surface area contributed by atoms with E-state index in [9.17, 15) is 14.7 Å². The normalized spacial score (nSPS) is 11.7. The number of carbonyl (C=O) groups excluding carboxylic acids is 2. The predicted molar refractivity (Wildman–Crippen MR) is 122 cm³/mol. The van der Waals surface area contributed by atoms with Crippen molar-refractivity contribution >= 4 is 23.2 Å². The lowest BCUT2D eigenvalue weighted by Crippen LogP contribution is -2.17. The summed E-state index contributed by atoms with van der Waals surface area (Å²) in [6.45, 7) is 5.85. The molecule has 0 saturated heterocycles. The number of amides is 2. The lowest BCUT2D eigenvalue weighted by molar-refractivity contribution is -0.121. The van der Waals surface area contributed by atoms with E-state index in [-0.39, 0.29) is 24.7 Å². The van der Waals surface area contributed by atoms with Gasteiger partial charge in [0, 0.05) is 42.8 Å². The number of rotatable bonds is 10. The van der Waals surface area contributed by atoms with Gasteiger partial charge in [-0.05, 0) is 36.1 Å². The maximum absolute atomic E-state index is 12.3. The highest BCUT2D eigenvalue weighted by atomic mass is 16.5. The molecule has 2 aromatic rings. The summed E-state index contributed by atoms with van der Waals surface area (Å²) >= 11 is 0. The zero-order chi connectivity index (χ0) is 23.0. The third-order valence-electron chi connectivity index (χ3n) is 4.80. The molecular weight excluding hydrogens is 396 g/mol. The van der Waals surface area contributed by atoms with Gasteiger partial charge in [0.05, 0.1) is 20.3 Å². The van der Waals surface area contributed by atoms with Crippen LogP contribution in [0.2, 0.25) is 0 Å². The molecule has 0 radical (unpaired) electrons. The van der Waals surface area contributed by atoms with Crippen LogP contribution in [0, 0.1) is 0 Å². The van der Waals surface area contributed by atoms with Gasteiger partial charge in [0.2, 0.25) is 11.8 Å². The summed E-state index contributed by atoms with van der Waals surface area (Å²) in [7, 11) is 3.14. The molecule has 0 fully saturated rings. The van der Waals surface area contributed by atoms with E-state index in [1.165, 1.54) is 0 Å². The molecule has 1 unspecified atom stereocenters. The van der Waals surface area contributed by atoms with E-state index in [1.54, 1.807) is 39.3 Å². The van der Waals surface area contributed by atoms with E-state index in [0.29, 0.717) is 29.5 Å². The molecule has 0 aliphatic heterocycles. The molecule has 0 aliphatic carbocycles. The summed E-state index contributed by atoms with van der Waals surface area (Å²) in [6.07, 6.45) is 0.0669. The molecule has 0 aromatic heterocycles. The minimum atomic E-state index is -0.491. The van der Waals surface area contributed by atoms with Crippen LogP contribution >= 0.6 is 0 Å². The highest BCUT2D eigenvalue weighted by Crippen LogP contribution is 2.29. The topological polar surface area (TPSA) is 96.9 Å². The van der Waals surface area contributed by atoms with Gasteiger partial charge < -0.3 is 25.2 Å². The Morgan fingerprint density at radius 2 is 1.39 bits per heavy atom. The zero-order valence-electron chi connectivity index (χ0n) is 18.8. The van der Waals surface area contributed by atoms with Crippen molar-refractivity contribution in [3.05, 3.63) is 47.5 Å². The van der Waals surface area contributed by atoms with Crippen molar-refractivity contribution in [2.24, 2.45) is 0 Å². The minimum Gasteiger partial charge on any atom is -0.496 e. The van der Waals surface area contributed by atoms with Crippen LogP contribution in [0.1, 0.15) is 50.7 Å². The van der Waals surface area contributed by atoms with Gasteiger partial charge in [-0.25, -0.2) is 0 Å². The van der Waals surface area contributed by atoms with Crippen LogP contribution in [-0.2, 0) is 16.0 Å². The number of aliphatic hydroxyl groups is 1. The minimum absolute atomic E-state index is 0.0464. The van der Waals surface area contributed by atoms with Crippen molar-refractivity contribution in [3.63, 3.8) is 0 Å². The molecule has 1 atom stereocenters. The SMILES string of the molecule is COc1cc(NC(=O)CCC(=O)Nc2ccc(C(C)C)c(OC)c2)ccc1CC(C)O. The molecule has 2 aromatic carbocycles. The van der Waals surface area contributed by atoms with Gasteiger partial charge in [-0.3, -0.25) is 9.59 Å². The van der Waals surface area contributed by atoms with Gasteiger partial charge in [0.15, 0.2) is 0 Å². The van der Waals surface area contributed by atoms with Gasteiger partial charge >= 0.3 is 0 Å². The van der Waals surface area contributed by atoms with Crippen LogP contribution in [0.15, 0.2) is 36.4 Å². The Balaban J connectivity index is 1.90. The second kappa shape index (κ2) is 11.4. The molecule has 2 rings (SSSR count). The van der Waals surface area contributed by atoms with Crippen molar-refractivity contribution in [2.75, 3.05) is 24.9 Å². The molecule has 3 N–H and O–H groups in total. The number of nitrogens with one attached hydrogen (secondary N) is 2. The molecule has 0 saturated carbocycles. The molecule has 0 bridgehead atoms. The standard InChI is InChI=1S/C24H32N2O5/c1-15(2)20-9-8-19(14-22(20)31-5)26-24(29)11-10-23(28)25-18-7-6-17(12-16(3)27)21(13-18)30-4/h6-9,13-16,27H,10-12H2,1-5H3,(H,25,28)(H,26,29). The van der Waals surface area contributed by atoms with Crippen LogP contribution in [0.3, 0.4) is 0 Å². The van der Waals surface area contributed by atoms with Crippen LogP contribution in [0.5, 0.6) is 11.5 Å². The second-order valence-corrected chi connectivity index (χ2v) is 7.79. The quantitative estimate of drug-likeness (QED) is 0.529. The molecule has 0 spiro atoms. The Hall–Kier alpha value is -3.06. The fourth-order valence-electron chi connectivity index (χ4n) is 3.25. The number of ether oxygens (including phenoxy) is 2. The number of hydrogen-bond donors (Lipinski definition) is 3.